The first-order valence-corrected chi connectivity index (χ1v) is 7.04. The summed E-state index contributed by atoms with van der Waals surface area (Å²) in [5.74, 6) is 1.28. The van der Waals surface area contributed by atoms with E-state index in [2.05, 4.69) is 5.32 Å². The molecular formula is C17H23NO2. The van der Waals surface area contributed by atoms with Crippen molar-refractivity contribution in [2.45, 2.75) is 40.7 Å². The van der Waals surface area contributed by atoms with Gasteiger partial charge in [0.1, 0.15) is 11.5 Å². The molecule has 0 saturated carbocycles. The SMILES string of the molecule is CC.Cc1oc(-c2ccccc2)cc1C(=O)NC(C)C. The smallest absolute Gasteiger partial charge is 0.255 e. The zero-order valence-electron chi connectivity index (χ0n) is 12.9. The highest BCUT2D eigenvalue weighted by atomic mass is 16.3. The van der Waals surface area contributed by atoms with Crippen molar-refractivity contribution in [1.82, 2.24) is 5.32 Å². The summed E-state index contributed by atoms with van der Waals surface area (Å²) >= 11 is 0. The molecule has 0 aliphatic heterocycles. The van der Waals surface area contributed by atoms with E-state index >= 15 is 0 Å². The first kappa shape index (κ1) is 16.0. The second-order valence-corrected chi connectivity index (χ2v) is 4.57. The molecule has 3 nitrogen and oxygen atoms in total. The van der Waals surface area contributed by atoms with Gasteiger partial charge in [0.15, 0.2) is 0 Å². The van der Waals surface area contributed by atoms with Crippen LogP contribution in [0.4, 0.5) is 0 Å². The molecule has 0 fully saturated rings. The average Bonchev–Trinajstić information content (AvgIpc) is 2.83. The fourth-order valence-electron chi connectivity index (χ4n) is 1.79. The van der Waals surface area contributed by atoms with Gasteiger partial charge >= 0.3 is 0 Å². The lowest BCUT2D eigenvalue weighted by Crippen LogP contribution is -2.30. The monoisotopic (exact) mass is 273 g/mol. The summed E-state index contributed by atoms with van der Waals surface area (Å²) in [6.45, 7) is 9.68. The van der Waals surface area contributed by atoms with E-state index in [1.807, 2.05) is 65.0 Å². The third-order valence-electron chi connectivity index (χ3n) is 2.64. The minimum Gasteiger partial charge on any atom is -0.461 e. The minimum absolute atomic E-state index is 0.0894. The number of rotatable bonds is 3. The maximum Gasteiger partial charge on any atom is 0.255 e. The van der Waals surface area contributed by atoms with Crippen LogP contribution in [-0.2, 0) is 0 Å². The maximum absolute atomic E-state index is 11.9. The van der Waals surface area contributed by atoms with Gasteiger partial charge < -0.3 is 9.73 Å². The van der Waals surface area contributed by atoms with Crippen molar-refractivity contribution in [2.24, 2.45) is 0 Å². The lowest BCUT2D eigenvalue weighted by molar-refractivity contribution is 0.0941. The van der Waals surface area contributed by atoms with Crippen LogP contribution in [0, 0.1) is 6.92 Å². The molecule has 1 amide bonds. The van der Waals surface area contributed by atoms with Gasteiger partial charge in [0, 0.05) is 11.6 Å². The van der Waals surface area contributed by atoms with E-state index in [-0.39, 0.29) is 11.9 Å². The Balaban J connectivity index is 0.000000956. The van der Waals surface area contributed by atoms with Crippen molar-refractivity contribution in [3.63, 3.8) is 0 Å². The fourth-order valence-corrected chi connectivity index (χ4v) is 1.79. The van der Waals surface area contributed by atoms with Crippen LogP contribution in [0.3, 0.4) is 0 Å². The van der Waals surface area contributed by atoms with Crippen LogP contribution in [0.2, 0.25) is 0 Å². The molecule has 3 heteroatoms. The van der Waals surface area contributed by atoms with Gasteiger partial charge in [0.2, 0.25) is 0 Å². The third kappa shape index (κ3) is 3.98. The van der Waals surface area contributed by atoms with Crippen LogP contribution < -0.4 is 5.32 Å². The van der Waals surface area contributed by atoms with Crippen molar-refractivity contribution in [3.05, 3.63) is 47.7 Å². The second kappa shape index (κ2) is 7.53. The number of amides is 1. The van der Waals surface area contributed by atoms with E-state index in [0.717, 1.165) is 11.3 Å². The summed E-state index contributed by atoms with van der Waals surface area (Å²) in [4.78, 5) is 11.9. The molecule has 1 aromatic carbocycles. The number of nitrogens with one attached hydrogen (secondary N) is 1. The second-order valence-electron chi connectivity index (χ2n) is 4.57. The summed E-state index contributed by atoms with van der Waals surface area (Å²) in [6, 6.07) is 11.7. The molecule has 0 spiro atoms. The Morgan fingerprint density at radius 1 is 1.15 bits per heavy atom. The minimum atomic E-state index is -0.0894. The standard InChI is InChI=1S/C15H17NO2.C2H6/c1-10(2)16-15(17)13-9-14(18-11(13)3)12-7-5-4-6-8-12;1-2/h4-10H,1-3H3,(H,16,17);1-2H3. The van der Waals surface area contributed by atoms with Crippen molar-refractivity contribution in [3.8, 4) is 11.3 Å². The van der Waals surface area contributed by atoms with Gasteiger partial charge in [-0.25, -0.2) is 0 Å². The van der Waals surface area contributed by atoms with E-state index in [9.17, 15) is 4.79 Å². The Morgan fingerprint density at radius 2 is 1.75 bits per heavy atom. The molecule has 0 radical (unpaired) electrons. The van der Waals surface area contributed by atoms with E-state index < -0.39 is 0 Å². The lowest BCUT2D eigenvalue weighted by Gasteiger charge is -2.06. The number of carbonyl (C=O) groups is 1. The largest absolute Gasteiger partial charge is 0.461 e. The van der Waals surface area contributed by atoms with Gasteiger partial charge in [-0.3, -0.25) is 4.79 Å². The Kier molecular flexibility index (Phi) is 6.04. The first-order chi connectivity index (χ1) is 9.58. The molecule has 0 bridgehead atoms. The third-order valence-corrected chi connectivity index (χ3v) is 2.64. The molecule has 1 N–H and O–H groups in total. The molecular weight excluding hydrogens is 250 g/mol. The van der Waals surface area contributed by atoms with E-state index in [1.54, 1.807) is 6.07 Å². The molecule has 0 aliphatic carbocycles. The normalized spacial score (nSPS) is 9.90. The van der Waals surface area contributed by atoms with Crippen LogP contribution in [0.1, 0.15) is 43.8 Å². The number of hydrogen-bond donors (Lipinski definition) is 1. The predicted molar refractivity (Wildman–Crippen MR) is 82.8 cm³/mol. The number of hydrogen-bond acceptors (Lipinski definition) is 2. The predicted octanol–water partition coefficient (Wildman–Crippen LogP) is 4.42. The molecule has 2 aromatic rings. The highest BCUT2D eigenvalue weighted by Gasteiger charge is 2.16. The molecule has 0 unspecified atom stereocenters. The molecule has 0 saturated heterocycles. The van der Waals surface area contributed by atoms with Gasteiger partial charge in [-0.05, 0) is 26.8 Å². The van der Waals surface area contributed by atoms with Crippen LogP contribution >= 0.6 is 0 Å². The van der Waals surface area contributed by atoms with Crippen molar-refractivity contribution in [2.75, 3.05) is 0 Å². The quantitative estimate of drug-likeness (QED) is 0.899. The number of aryl methyl sites for hydroxylation is 1. The highest BCUT2D eigenvalue weighted by molar-refractivity contribution is 5.96. The van der Waals surface area contributed by atoms with E-state index in [1.165, 1.54) is 0 Å². The summed E-state index contributed by atoms with van der Waals surface area (Å²) in [5.41, 5.74) is 1.58. The Hall–Kier alpha value is -2.03. The fraction of sp³-hybridized carbons (Fsp3) is 0.353. The summed E-state index contributed by atoms with van der Waals surface area (Å²) in [5, 5.41) is 2.87. The molecule has 20 heavy (non-hydrogen) atoms. The van der Waals surface area contributed by atoms with E-state index in [0.29, 0.717) is 11.3 Å². The molecule has 2 rings (SSSR count). The first-order valence-electron chi connectivity index (χ1n) is 7.04. The zero-order valence-corrected chi connectivity index (χ0v) is 12.9. The van der Waals surface area contributed by atoms with Gasteiger partial charge in [-0.2, -0.15) is 0 Å². The highest BCUT2D eigenvalue weighted by Crippen LogP contribution is 2.25. The van der Waals surface area contributed by atoms with Crippen molar-refractivity contribution < 1.29 is 9.21 Å². The number of benzene rings is 1. The van der Waals surface area contributed by atoms with Crippen molar-refractivity contribution in [1.29, 1.82) is 0 Å². The molecule has 0 atom stereocenters. The summed E-state index contributed by atoms with van der Waals surface area (Å²) < 4.78 is 5.64. The lowest BCUT2D eigenvalue weighted by atomic mass is 10.1. The van der Waals surface area contributed by atoms with Gasteiger partial charge in [-0.1, -0.05) is 44.2 Å². The van der Waals surface area contributed by atoms with Crippen LogP contribution in [0.25, 0.3) is 11.3 Å². The van der Waals surface area contributed by atoms with E-state index in [4.69, 9.17) is 4.42 Å². The van der Waals surface area contributed by atoms with Gasteiger partial charge in [0.25, 0.3) is 5.91 Å². The summed E-state index contributed by atoms with van der Waals surface area (Å²) in [6.07, 6.45) is 0. The Labute approximate surface area is 121 Å². The van der Waals surface area contributed by atoms with Crippen LogP contribution in [-0.4, -0.2) is 11.9 Å². The maximum atomic E-state index is 11.9. The number of carbonyl (C=O) groups excluding carboxylic acids is 1. The van der Waals surface area contributed by atoms with Crippen LogP contribution in [0.5, 0.6) is 0 Å². The van der Waals surface area contributed by atoms with Gasteiger partial charge in [-0.15, -0.1) is 0 Å². The van der Waals surface area contributed by atoms with Gasteiger partial charge in [0.05, 0.1) is 5.56 Å². The summed E-state index contributed by atoms with van der Waals surface area (Å²) in [7, 11) is 0. The topological polar surface area (TPSA) is 42.2 Å². The number of furan rings is 1. The average molecular weight is 273 g/mol. The Bertz CT molecular complexity index is 541. The van der Waals surface area contributed by atoms with Crippen molar-refractivity contribution >= 4 is 5.91 Å². The molecule has 1 heterocycles. The Morgan fingerprint density at radius 3 is 2.30 bits per heavy atom. The molecule has 108 valence electrons. The molecule has 1 aromatic heterocycles. The zero-order chi connectivity index (χ0) is 15.1. The van der Waals surface area contributed by atoms with Crippen LogP contribution in [0.15, 0.2) is 40.8 Å². The molecule has 0 aliphatic rings.